The van der Waals surface area contributed by atoms with Gasteiger partial charge >= 0.3 is 0 Å². The van der Waals surface area contributed by atoms with Gasteiger partial charge in [0.25, 0.3) is 0 Å². The minimum Gasteiger partial charge on any atom is -0.381 e. The van der Waals surface area contributed by atoms with Gasteiger partial charge in [0.05, 0.1) is 84.5 Å². The molecule has 31 nitrogen and oxygen atoms in total. The quantitative estimate of drug-likeness (QED) is 0.0148. The molecule has 2 atom stereocenters. The minimum absolute atomic E-state index is 0.0110. The number of anilines is 1. The number of benzene rings is 1. The molecule has 2 saturated heterocycles. The van der Waals surface area contributed by atoms with E-state index in [0.717, 1.165) is 62.3 Å². The van der Waals surface area contributed by atoms with E-state index in [0.29, 0.717) is 38.5 Å². The topological polar surface area (TPSA) is 417 Å². The van der Waals surface area contributed by atoms with Crippen LogP contribution in [-0.2, 0) is 116 Å². The molecule has 97 heavy (non-hydrogen) atoms. The summed E-state index contributed by atoms with van der Waals surface area (Å²) < 4.78 is 42.8. The summed E-state index contributed by atoms with van der Waals surface area (Å²) in [7, 11) is 4.10. The van der Waals surface area contributed by atoms with E-state index in [9.17, 15) is 71.9 Å². The Balaban J connectivity index is 1.34. The summed E-state index contributed by atoms with van der Waals surface area (Å²) in [4.78, 5) is 188. The molecule has 0 radical (unpaired) electrons. The number of Topliss-reactive ketones (excluding diaryl/α,β-unsaturated/α-hetero) is 6. The molecule has 1 aromatic carbocycles. The van der Waals surface area contributed by atoms with Crippen molar-refractivity contribution in [2.24, 2.45) is 5.41 Å². The summed E-state index contributed by atoms with van der Waals surface area (Å²) in [6, 6.07) is 5.44. The third kappa shape index (κ3) is 33.2. The molecule has 9 amide bonds. The molecular weight excluding hydrogens is 1330 g/mol. The number of nitrogens with one attached hydrogen (secondary N) is 7. The van der Waals surface area contributed by atoms with Crippen molar-refractivity contribution < 1.29 is 110 Å². The number of rotatable bonds is 58. The third-order valence-electron chi connectivity index (χ3n) is 14.6. The third-order valence-corrected chi connectivity index (χ3v) is 18.8. The number of carbonyl (C=O) groups is 15. The van der Waals surface area contributed by atoms with Gasteiger partial charge in [-0.1, -0.05) is 33.7 Å². The van der Waals surface area contributed by atoms with E-state index in [1.54, 1.807) is 24.3 Å². The molecule has 2 heterocycles. The zero-order chi connectivity index (χ0) is 71.4. The molecule has 0 saturated carbocycles. The van der Waals surface area contributed by atoms with Gasteiger partial charge in [0.2, 0.25) is 58.6 Å². The Morgan fingerprint density at radius 2 is 1.07 bits per heavy atom. The summed E-state index contributed by atoms with van der Waals surface area (Å²) >= 11 is 1.07. The zero-order valence-electron chi connectivity index (χ0n) is 55.9. The Morgan fingerprint density at radius 3 is 1.65 bits per heavy atom. The highest BCUT2D eigenvalue weighted by molar-refractivity contribution is 8.94. The van der Waals surface area contributed by atoms with Crippen molar-refractivity contribution in [3.63, 3.8) is 0 Å². The van der Waals surface area contributed by atoms with E-state index in [4.69, 9.17) is 37.9 Å². The number of ether oxygens (including phenoxy) is 8. The summed E-state index contributed by atoms with van der Waals surface area (Å²) in [5.41, 5.74) is -1.06. The number of unbranched alkanes of at least 4 members (excludes halogenated alkanes) is 2. The first-order valence-corrected chi connectivity index (χ1v) is 35.2. The fourth-order valence-corrected chi connectivity index (χ4v) is 12.5. The van der Waals surface area contributed by atoms with Crippen LogP contribution in [0.5, 0.6) is 0 Å². The average Bonchev–Trinajstić information content (AvgIpc) is 1.76. The molecule has 34 heteroatoms. The molecule has 0 bridgehead atoms. The van der Waals surface area contributed by atoms with Gasteiger partial charge in [-0.2, -0.15) is 0 Å². The van der Waals surface area contributed by atoms with Gasteiger partial charge in [-0.05, 0) is 71.1 Å². The lowest BCUT2D eigenvalue weighted by Crippen LogP contribution is -2.53. The predicted octanol–water partition coefficient (Wildman–Crippen LogP) is -0.0605. The maximum Gasteiger partial charge on any atom is 0.250 e. The molecular formula is C63H94N8O23S3. The molecule has 2 aliphatic rings. The summed E-state index contributed by atoms with van der Waals surface area (Å²) in [6.45, 7) is 6.32. The van der Waals surface area contributed by atoms with E-state index < -0.39 is 99.1 Å². The fraction of sp³-hybridized carbons (Fsp3) is 0.667. The number of hydrogen-bond donors (Lipinski definition) is 7. The lowest BCUT2D eigenvalue weighted by Gasteiger charge is -2.23. The van der Waals surface area contributed by atoms with Crippen LogP contribution in [0.2, 0.25) is 0 Å². The molecule has 1 aromatic rings. The van der Waals surface area contributed by atoms with E-state index in [1.807, 2.05) is 0 Å². The maximum absolute atomic E-state index is 13.4. The number of hydrogen-bond acceptors (Lipinski definition) is 26. The molecule has 7 N–H and O–H groups in total. The molecule has 1 unspecified atom stereocenters. The van der Waals surface area contributed by atoms with Crippen molar-refractivity contribution in [1.29, 1.82) is 0 Å². The monoisotopic (exact) mass is 1430 g/mol. The van der Waals surface area contributed by atoms with E-state index in [2.05, 4.69) is 37.2 Å². The SMILES string of the molecule is CNC(=O)CCNC(=O)CCc1ccc(NC(=O)COCC(=O)NC[C@@H](NC(=O)CCSC2CC(=O)N(CCC(=O)NCCOCCOCCCCCOCCC(=O)C3(C(C)=O)SS3)C2=O)C(=O)NCCOCCOCCOCCOCCC(=O)C(C(C)=O)(C(C)=O)C(C)=O)cc1. The molecule has 2 fully saturated rings. The smallest absolute Gasteiger partial charge is 0.250 e. The second-order valence-corrected chi connectivity index (χ2v) is 26.1. The molecule has 3 rings (SSSR count). The fourth-order valence-electron chi connectivity index (χ4n) is 9.20. The number of thioether (sulfide) groups is 1. The van der Waals surface area contributed by atoms with Crippen molar-refractivity contribution in [3.8, 4) is 0 Å². The molecule has 0 spiro atoms. The Hall–Kier alpha value is -6.60. The lowest BCUT2D eigenvalue weighted by atomic mass is 9.72. The second-order valence-electron chi connectivity index (χ2n) is 22.0. The lowest BCUT2D eigenvalue weighted by molar-refractivity contribution is -0.154. The van der Waals surface area contributed by atoms with Crippen molar-refractivity contribution in [1.82, 2.24) is 36.8 Å². The Kier molecular flexibility index (Phi) is 42.0. The zero-order valence-corrected chi connectivity index (χ0v) is 58.3. The number of aryl methyl sites for hydroxylation is 1. The van der Waals surface area contributed by atoms with Crippen LogP contribution >= 0.6 is 33.3 Å². The molecule has 542 valence electrons. The van der Waals surface area contributed by atoms with Crippen molar-refractivity contribution in [2.75, 3.05) is 157 Å². The van der Waals surface area contributed by atoms with Gasteiger partial charge in [-0.25, -0.2) is 0 Å². The number of likely N-dealkylation sites (tertiary alicyclic amines) is 1. The van der Waals surface area contributed by atoms with Crippen LogP contribution in [0.25, 0.3) is 0 Å². The first-order valence-electron chi connectivity index (χ1n) is 32.0. The van der Waals surface area contributed by atoms with Gasteiger partial charge in [0.1, 0.15) is 19.3 Å². The van der Waals surface area contributed by atoms with Crippen LogP contribution in [0.4, 0.5) is 5.69 Å². The van der Waals surface area contributed by atoms with Crippen LogP contribution < -0.4 is 37.2 Å². The van der Waals surface area contributed by atoms with E-state index in [-0.39, 0.29) is 172 Å². The Bertz CT molecular complexity index is 2760. The number of carbonyl (C=O) groups excluding carboxylic acids is 15. The molecule has 2 aliphatic heterocycles. The van der Waals surface area contributed by atoms with Crippen LogP contribution in [0.3, 0.4) is 0 Å². The maximum atomic E-state index is 13.4. The van der Waals surface area contributed by atoms with Crippen LogP contribution in [-0.4, -0.2) is 259 Å². The van der Waals surface area contributed by atoms with E-state index >= 15 is 0 Å². The first-order chi connectivity index (χ1) is 46.5. The number of nitrogens with zero attached hydrogens (tertiary/aromatic N) is 1. The van der Waals surface area contributed by atoms with Crippen LogP contribution in [0, 0.1) is 5.41 Å². The van der Waals surface area contributed by atoms with Crippen molar-refractivity contribution in [3.05, 3.63) is 29.8 Å². The predicted molar refractivity (Wildman–Crippen MR) is 356 cm³/mol. The standard InChI is InChI=1S/C63H94N8O23S3/c1-43(72)62(44(2)73,45(3)74)51(76)17-26-89-31-34-92-36-37-93-35-33-91-29-22-67-60(85)49(40-68-57(82)41-94-42-58(83)69-48-12-9-47(10-13-48)11-14-54(79)65-20-15-53(78)64-5)70-56(81)19-38-95-50-39-59(84)71(61(50)86)23-16-55(80)66-21-28-90-32-30-88-25-8-6-7-24-87-27-18-52(77)63(46(4)75)96-97-63/h9-10,12-13,49-50H,6-8,11,14-42H2,1-5H3,(H,64,78)(H,65,79)(H,66,80)(H,67,85)(H,68,82)(H,69,83)(H,70,81)/t49-,50?/m1/s1. The van der Waals surface area contributed by atoms with Gasteiger partial charge < -0.3 is 75.1 Å². The number of amides is 9. The first kappa shape index (κ1) is 84.6. The Morgan fingerprint density at radius 1 is 0.546 bits per heavy atom. The normalized spacial score (nSPS) is 14.2. The number of imide groups is 1. The number of ketones is 6. The highest BCUT2D eigenvalue weighted by Gasteiger charge is 2.57. The van der Waals surface area contributed by atoms with Crippen LogP contribution in [0.1, 0.15) is 97.5 Å². The van der Waals surface area contributed by atoms with Crippen molar-refractivity contribution in [2.45, 2.75) is 114 Å². The summed E-state index contributed by atoms with van der Waals surface area (Å²) in [6.07, 6.45) is 2.72. The summed E-state index contributed by atoms with van der Waals surface area (Å²) in [5.74, 6) is -7.84. The molecule has 0 aliphatic carbocycles. The van der Waals surface area contributed by atoms with Crippen molar-refractivity contribution >= 4 is 127 Å². The molecule has 0 aromatic heterocycles. The average molecular weight is 1430 g/mol. The van der Waals surface area contributed by atoms with Crippen LogP contribution in [0.15, 0.2) is 24.3 Å². The largest absolute Gasteiger partial charge is 0.381 e. The minimum atomic E-state index is -2.32. The van der Waals surface area contributed by atoms with E-state index in [1.165, 1.54) is 35.6 Å². The second kappa shape index (κ2) is 48.2. The Labute approximate surface area is 576 Å². The van der Waals surface area contributed by atoms with Gasteiger partial charge in [-0.3, -0.25) is 76.8 Å². The van der Waals surface area contributed by atoms with Gasteiger partial charge in [-0.15, -0.1) is 11.8 Å². The highest BCUT2D eigenvalue weighted by atomic mass is 33.2. The summed E-state index contributed by atoms with van der Waals surface area (Å²) in [5, 5.41) is 17.4. The van der Waals surface area contributed by atoms with Gasteiger partial charge in [0.15, 0.2) is 38.8 Å². The highest BCUT2D eigenvalue weighted by Crippen LogP contribution is 2.66. The van der Waals surface area contributed by atoms with Gasteiger partial charge in [0, 0.05) is 109 Å².